The third-order valence-corrected chi connectivity index (χ3v) is 6.63. The number of benzene rings is 3. The standard InChI is InChI=1S/C25H30N2O3S/c1-19(17-25(2,3)21-13-6-5-7-14-21)26-24(28)18-27(31(4,29)30)23-16-10-12-20-11-8-9-15-22(20)23/h5-16,19H,17-18H2,1-4H3,(H,26,28). The van der Waals surface area contributed by atoms with E-state index >= 15 is 0 Å². The van der Waals surface area contributed by atoms with Gasteiger partial charge in [-0.15, -0.1) is 0 Å². The number of nitrogens with one attached hydrogen (secondary N) is 1. The van der Waals surface area contributed by atoms with Crippen molar-refractivity contribution in [3.8, 4) is 0 Å². The van der Waals surface area contributed by atoms with Gasteiger partial charge in [0.1, 0.15) is 6.54 Å². The van der Waals surface area contributed by atoms with Gasteiger partial charge in [0.05, 0.1) is 11.9 Å². The van der Waals surface area contributed by atoms with Crippen LogP contribution in [0.4, 0.5) is 5.69 Å². The zero-order valence-corrected chi connectivity index (χ0v) is 19.3. The van der Waals surface area contributed by atoms with Gasteiger partial charge in [0.25, 0.3) is 0 Å². The minimum Gasteiger partial charge on any atom is -0.352 e. The molecule has 1 atom stereocenters. The Labute approximate surface area is 185 Å². The highest BCUT2D eigenvalue weighted by Gasteiger charge is 2.26. The summed E-state index contributed by atoms with van der Waals surface area (Å²) in [5.41, 5.74) is 1.58. The molecule has 1 N–H and O–H groups in total. The lowest BCUT2D eigenvalue weighted by atomic mass is 9.79. The van der Waals surface area contributed by atoms with Crippen LogP contribution in [0.3, 0.4) is 0 Å². The lowest BCUT2D eigenvalue weighted by Crippen LogP contribution is -2.44. The van der Waals surface area contributed by atoms with Gasteiger partial charge in [-0.1, -0.05) is 80.6 Å². The molecule has 0 saturated carbocycles. The second kappa shape index (κ2) is 9.10. The Kier molecular flexibility index (Phi) is 6.70. The SMILES string of the molecule is CC(CC(C)(C)c1ccccc1)NC(=O)CN(c1cccc2ccccc12)S(C)(=O)=O. The van der Waals surface area contributed by atoms with E-state index in [9.17, 15) is 13.2 Å². The number of rotatable bonds is 8. The van der Waals surface area contributed by atoms with E-state index in [-0.39, 0.29) is 23.9 Å². The van der Waals surface area contributed by atoms with Crippen LogP contribution in [-0.2, 0) is 20.2 Å². The zero-order valence-electron chi connectivity index (χ0n) is 18.5. The number of amides is 1. The second-order valence-electron chi connectivity index (χ2n) is 8.69. The van der Waals surface area contributed by atoms with Gasteiger partial charge in [0.2, 0.25) is 15.9 Å². The first-order valence-corrected chi connectivity index (χ1v) is 12.2. The van der Waals surface area contributed by atoms with Gasteiger partial charge in [-0.25, -0.2) is 8.42 Å². The molecule has 0 spiro atoms. The summed E-state index contributed by atoms with van der Waals surface area (Å²) in [7, 11) is -3.65. The maximum Gasteiger partial charge on any atom is 0.240 e. The molecular weight excluding hydrogens is 408 g/mol. The molecule has 1 unspecified atom stereocenters. The Hall–Kier alpha value is -2.86. The molecular formula is C25H30N2O3S. The molecule has 0 fully saturated rings. The Bertz CT molecular complexity index is 1150. The smallest absolute Gasteiger partial charge is 0.240 e. The number of sulfonamides is 1. The predicted octanol–water partition coefficient (Wildman–Crippen LogP) is 4.48. The van der Waals surface area contributed by atoms with Crippen molar-refractivity contribution in [2.45, 2.75) is 38.6 Å². The van der Waals surface area contributed by atoms with Crippen molar-refractivity contribution in [1.82, 2.24) is 5.32 Å². The summed E-state index contributed by atoms with van der Waals surface area (Å²) in [5.74, 6) is -0.324. The van der Waals surface area contributed by atoms with Gasteiger partial charge in [0.15, 0.2) is 0 Å². The zero-order chi connectivity index (χ0) is 22.6. The van der Waals surface area contributed by atoms with E-state index in [2.05, 4.69) is 31.3 Å². The van der Waals surface area contributed by atoms with Crippen LogP contribution in [0.5, 0.6) is 0 Å². The average Bonchev–Trinajstić information content (AvgIpc) is 2.71. The summed E-state index contributed by atoms with van der Waals surface area (Å²) in [4.78, 5) is 12.8. The minimum absolute atomic E-state index is 0.114. The maximum absolute atomic E-state index is 12.8. The molecule has 3 rings (SSSR count). The molecule has 0 saturated heterocycles. The van der Waals surface area contributed by atoms with E-state index in [1.54, 1.807) is 12.1 Å². The van der Waals surface area contributed by atoms with Crippen LogP contribution in [0.2, 0.25) is 0 Å². The Balaban J connectivity index is 1.76. The number of carbonyl (C=O) groups is 1. The largest absolute Gasteiger partial charge is 0.352 e. The fourth-order valence-corrected chi connectivity index (χ4v) is 4.95. The molecule has 164 valence electrons. The quantitative estimate of drug-likeness (QED) is 0.564. The summed E-state index contributed by atoms with van der Waals surface area (Å²) in [6.07, 6.45) is 1.86. The van der Waals surface area contributed by atoms with Gasteiger partial charge in [0, 0.05) is 11.4 Å². The first-order chi connectivity index (χ1) is 14.6. The first-order valence-electron chi connectivity index (χ1n) is 10.4. The van der Waals surface area contributed by atoms with Crippen LogP contribution in [-0.4, -0.2) is 33.2 Å². The highest BCUT2D eigenvalue weighted by Crippen LogP contribution is 2.29. The number of hydrogen-bond acceptors (Lipinski definition) is 3. The van der Waals surface area contributed by atoms with E-state index in [0.717, 1.165) is 23.4 Å². The van der Waals surface area contributed by atoms with Crippen molar-refractivity contribution < 1.29 is 13.2 Å². The third kappa shape index (κ3) is 5.64. The molecule has 31 heavy (non-hydrogen) atoms. The lowest BCUT2D eigenvalue weighted by molar-refractivity contribution is -0.120. The molecule has 0 heterocycles. The topological polar surface area (TPSA) is 66.5 Å². The summed E-state index contributed by atoms with van der Waals surface area (Å²) in [6, 6.07) is 23.1. The van der Waals surface area contributed by atoms with Crippen molar-refractivity contribution >= 4 is 32.4 Å². The molecule has 3 aromatic carbocycles. The summed E-state index contributed by atoms with van der Waals surface area (Å²) < 4.78 is 26.3. The van der Waals surface area contributed by atoms with Crippen molar-refractivity contribution in [1.29, 1.82) is 0 Å². The number of nitrogens with zero attached hydrogens (tertiary/aromatic N) is 1. The van der Waals surface area contributed by atoms with E-state index in [1.165, 1.54) is 9.87 Å². The number of carbonyl (C=O) groups excluding carboxylic acids is 1. The van der Waals surface area contributed by atoms with E-state index in [0.29, 0.717) is 5.69 Å². The van der Waals surface area contributed by atoms with Crippen LogP contribution in [0, 0.1) is 0 Å². The van der Waals surface area contributed by atoms with Crippen LogP contribution in [0.15, 0.2) is 72.8 Å². The molecule has 5 nitrogen and oxygen atoms in total. The molecule has 0 aliphatic carbocycles. The van der Waals surface area contributed by atoms with Gasteiger partial charge in [-0.3, -0.25) is 9.10 Å². The minimum atomic E-state index is -3.65. The van der Waals surface area contributed by atoms with Crippen LogP contribution in [0.1, 0.15) is 32.8 Å². The predicted molar refractivity (Wildman–Crippen MR) is 128 cm³/mol. The summed E-state index contributed by atoms with van der Waals surface area (Å²) in [6.45, 7) is 5.97. The van der Waals surface area contributed by atoms with Crippen molar-refractivity contribution in [2.75, 3.05) is 17.1 Å². The normalized spacial score (nSPS) is 13.0. The molecule has 0 bridgehead atoms. The van der Waals surface area contributed by atoms with E-state index < -0.39 is 10.0 Å². The van der Waals surface area contributed by atoms with Crippen molar-refractivity contribution in [3.63, 3.8) is 0 Å². The molecule has 1 amide bonds. The van der Waals surface area contributed by atoms with Gasteiger partial charge < -0.3 is 5.32 Å². The molecule has 0 aliphatic rings. The lowest BCUT2D eigenvalue weighted by Gasteiger charge is -2.30. The molecule has 3 aromatic rings. The molecule has 0 aliphatic heterocycles. The van der Waals surface area contributed by atoms with Crippen molar-refractivity contribution in [3.05, 3.63) is 78.4 Å². The third-order valence-electron chi connectivity index (χ3n) is 5.50. The Morgan fingerprint density at radius 3 is 2.26 bits per heavy atom. The van der Waals surface area contributed by atoms with Gasteiger partial charge in [-0.2, -0.15) is 0 Å². The van der Waals surface area contributed by atoms with Crippen LogP contribution in [0.25, 0.3) is 10.8 Å². The number of anilines is 1. The van der Waals surface area contributed by atoms with Gasteiger partial charge >= 0.3 is 0 Å². The van der Waals surface area contributed by atoms with E-state index in [4.69, 9.17) is 0 Å². The molecule has 6 heteroatoms. The highest BCUT2D eigenvalue weighted by atomic mass is 32.2. The Morgan fingerprint density at radius 2 is 1.58 bits per heavy atom. The van der Waals surface area contributed by atoms with Gasteiger partial charge in [-0.05, 0) is 35.8 Å². The highest BCUT2D eigenvalue weighted by molar-refractivity contribution is 7.92. The first kappa shape index (κ1) is 22.8. The second-order valence-corrected chi connectivity index (χ2v) is 10.6. The fraction of sp³-hybridized carbons (Fsp3) is 0.320. The fourth-order valence-electron chi connectivity index (χ4n) is 4.08. The number of fused-ring (bicyclic) bond motifs is 1. The maximum atomic E-state index is 12.8. The number of hydrogen-bond donors (Lipinski definition) is 1. The van der Waals surface area contributed by atoms with Crippen molar-refractivity contribution in [2.24, 2.45) is 0 Å². The summed E-state index contributed by atoms with van der Waals surface area (Å²) in [5, 5.41) is 4.70. The van der Waals surface area contributed by atoms with Crippen LogP contribution >= 0.6 is 0 Å². The Morgan fingerprint density at radius 1 is 0.968 bits per heavy atom. The van der Waals surface area contributed by atoms with Crippen LogP contribution < -0.4 is 9.62 Å². The molecule has 0 aromatic heterocycles. The average molecular weight is 439 g/mol. The monoisotopic (exact) mass is 438 g/mol. The van der Waals surface area contributed by atoms with E-state index in [1.807, 2.05) is 55.5 Å². The molecule has 0 radical (unpaired) electrons. The summed E-state index contributed by atoms with van der Waals surface area (Å²) >= 11 is 0.